The molecule has 1 aliphatic rings. The number of aromatic nitrogens is 1. The van der Waals surface area contributed by atoms with Crippen molar-refractivity contribution in [2.45, 2.75) is 32.4 Å². The second-order valence-corrected chi connectivity index (χ2v) is 7.61. The van der Waals surface area contributed by atoms with E-state index >= 15 is 0 Å². The SMILES string of the molecule is CC(C(=O)Nc1ccc2c(c1)CN(C)CCC2)n1ccc2ccccc2c1=O. The fourth-order valence-electron chi connectivity index (χ4n) is 3.89. The number of fused-ring (bicyclic) bond motifs is 2. The van der Waals surface area contributed by atoms with Gasteiger partial charge in [-0.15, -0.1) is 0 Å². The van der Waals surface area contributed by atoms with E-state index < -0.39 is 6.04 Å². The third kappa shape index (κ3) is 3.58. The van der Waals surface area contributed by atoms with Gasteiger partial charge in [0.15, 0.2) is 0 Å². The summed E-state index contributed by atoms with van der Waals surface area (Å²) in [6.45, 7) is 3.72. The lowest BCUT2D eigenvalue weighted by atomic mass is 10.0. The van der Waals surface area contributed by atoms with Crippen LogP contribution in [0.25, 0.3) is 10.8 Å². The number of aryl methyl sites for hydroxylation is 1. The van der Waals surface area contributed by atoms with Crippen molar-refractivity contribution >= 4 is 22.4 Å². The number of nitrogens with zero attached hydrogens (tertiary/aromatic N) is 2. The first kappa shape index (κ1) is 18.4. The molecule has 1 unspecified atom stereocenters. The van der Waals surface area contributed by atoms with Crippen molar-refractivity contribution < 1.29 is 4.79 Å². The Hall–Kier alpha value is -2.92. The Morgan fingerprint density at radius 2 is 1.93 bits per heavy atom. The highest BCUT2D eigenvalue weighted by Gasteiger charge is 2.18. The number of hydrogen-bond acceptors (Lipinski definition) is 3. The van der Waals surface area contributed by atoms with Gasteiger partial charge in [0.25, 0.3) is 5.56 Å². The van der Waals surface area contributed by atoms with Crippen molar-refractivity contribution in [3.63, 3.8) is 0 Å². The molecule has 1 aromatic heterocycles. The molecule has 1 atom stereocenters. The molecule has 4 rings (SSSR count). The van der Waals surface area contributed by atoms with Gasteiger partial charge in [0.05, 0.1) is 0 Å². The Balaban J connectivity index is 1.57. The van der Waals surface area contributed by atoms with Crippen molar-refractivity contribution in [3.8, 4) is 0 Å². The molecule has 0 aliphatic carbocycles. The van der Waals surface area contributed by atoms with E-state index in [1.165, 1.54) is 15.7 Å². The lowest BCUT2D eigenvalue weighted by Gasteiger charge is -2.17. The molecule has 1 N–H and O–H groups in total. The molecule has 2 heterocycles. The van der Waals surface area contributed by atoms with E-state index in [4.69, 9.17) is 0 Å². The first-order valence-corrected chi connectivity index (χ1v) is 9.74. The van der Waals surface area contributed by atoms with Gasteiger partial charge in [-0.05, 0) is 74.1 Å². The summed E-state index contributed by atoms with van der Waals surface area (Å²) in [6, 6.07) is 14.8. The second kappa shape index (κ2) is 7.60. The Morgan fingerprint density at radius 3 is 2.79 bits per heavy atom. The summed E-state index contributed by atoms with van der Waals surface area (Å²) < 4.78 is 1.49. The van der Waals surface area contributed by atoms with E-state index in [0.29, 0.717) is 5.39 Å². The van der Waals surface area contributed by atoms with Crippen LogP contribution in [-0.2, 0) is 17.8 Å². The number of nitrogens with one attached hydrogen (secondary N) is 1. The molecule has 1 aliphatic heterocycles. The van der Waals surface area contributed by atoms with Crippen molar-refractivity contribution in [1.82, 2.24) is 9.47 Å². The van der Waals surface area contributed by atoms with Crippen LogP contribution in [0.1, 0.15) is 30.5 Å². The number of benzene rings is 2. The summed E-state index contributed by atoms with van der Waals surface area (Å²) in [5.41, 5.74) is 3.23. The van der Waals surface area contributed by atoms with Gasteiger partial charge in [-0.1, -0.05) is 24.3 Å². The first-order chi connectivity index (χ1) is 13.5. The summed E-state index contributed by atoms with van der Waals surface area (Å²) in [6.07, 6.45) is 3.91. The molecular formula is C23H25N3O2. The predicted octanol–water partition coefficient (Wildman–Crippen LogP) is 3.58. The highest BCUT2D eigenvalue weighted by molar-refractivity contribution is 5.94. The Morgan fingerprint density at radius 1 is 1.11 bits per heavy atom. The van der Waals surface area contributed by atoms with Crippen LogP contribution in [0.5, 0.6) is 0 Å². The number of anilines is 1. The quantitative estimate of drug-likeness (QED) is 0.761. The molecule has 5 nitrogen and oxygen atoms in total. The highest BCUT2D eigenvalue weighted by atomic mass is 16.2. The minimum Gasteiger partial charge on any atom is -0.324 e. The zero-order chi connectivity index (χ0) is 19.7. The van der Waals surface area contributed by atoms with Crippen LogP contribution in [0, 0.1) is 0 Å². The monoisotopic (exact) mass is 375 g/mol. The van der Waals surface area contributed by atoms with Gasteiger partial charge in [-0.3, -0.25) is 9.59 Å². The lowest BCUT2D eigenvalue weighted by molar-refractivity contribution is -0.118. The summed E-state index contributed by atoms with van der Waals surface area (Å²) in [4.78, 5) is 27.9. The zero-order valence-electron chi connectivity index (χ0n) is 16.3. The Bertz CT molecular complexity index is 1090. The van der Waals surface area contributed by atoms with E-state index in [-0.39, 0.29) is 11.5 Å². The van der Waals surface area contributed by atoms with Gasteiger partial charge in [-0.25, -0.2) is 0 Å². The molecule has 0 saturated carbocycles. The summed E-state index contributed by atoms with van der Waals surface area (Å²) >= 11 is 0. The molecule has 144 valence electrons. The molecular weight excluding hydrogens is 350 g/mol. The molecule has 0 radical (unpaired) electrons. The highest BCUT2D eigenvalue weighted by Crippen LogP contribution is 2.22. The van der Waals surface area contributed by atoms with Gasteiger partial charge in [0.1, 0.15) is 6.04 Å². The average Bonchev–Trinajstić information content (AvgIpc) is 2.88. The third-order valence-corrected chi connectivity index (χ3v) is 5.54. The van der Waals surface area contributed by atoms with Crippen molar-refractivity contribution in [2.24, 2.45) is 0 Å². The number of rotatable bonds is 3. The van der Waals surface area contributed by atoms with Crippen LogP contribution in [0.15, 0.2) is 59.5 Å². The molecule has 0 spiro atoms. The van der Waals surface area contributed by atoms with Gasteiger partial charge >= 0.3 is 0 Å². The number of carbonyl (C=O) groups excluding carboxylic acids is 1. The number of carbonyl (C=O) groups is 1. The van der Waals surface area contributed by atoms with Gasteiger partial charge in [-0.2, -0.15) is 0 Å². The number of amides is 1. The van der Waals surface area contributed by atoms with Crippen LogP contribution < -0.4 is 10.9 Å². The van der Waals surface area contributed by atoms with E-state index in [0.717, 1.165) is 37.0 Å². The van der Waals surface area contributed by atoms with Crippen LogP contribution in [0.4, 0.5) is 5.69 Å². The molecule has 2 aromatic carbocycles. The smallest absolute Gasteiger partial charge is 0.259 e. The predicted molar refractivity (Wildman–Crippen MR) is 113 cm³/mol. The second-order valence-electron chi connectivity index (χ2n) is 7.61. The Kier molecular flexibility index (Phi) is 5.01. The van der Waals surface area contributed by atoms with Crippen LogP contribution in [-0.4, -0.2) is 29.0 Å². The van der Waals surface area contributed by atoms with Crippen LogP contribution in [0.3, 0.4) is 0 Å². The van der Waals surface area contributed by atoms with Gasteiger partial charge < -0.3 is 14.8 Å². The molecule has 28 heavy (non-hydrogen) atoms. The average molecular weight is 375 g/mol. The van der Waals surface area contributed by atoms with Crippen LogP contribution >= 0.6 is 0 Å². The third-order valence-electron chi connectivity index (χ3n) is 5.54. The molecule has 0 bridgehead atoms. The van der Waals surface area contributed by atoms with E-state index in [1.54, 1.807) is 19.2 Å². The van der Waals surface area contributed by atoms with Crippen molar-refractivity contribution in [1.29, 1.82) is 0 Å². The van der Waals surface area contributed by atoms with E-state index in [2.05, 4.69) is 29.4 Å². The maximum atomic E-state index is 12.8. The fraction of sp³-hybridized carbons (Fsp3) is 0.304. The molecule has 5 heteroatoms. The maximum Gasteiger partial charge on any atom is 0.259 e. The lowest BCUT2D eigenvalue weighted by Crippen LogP contribution is -2.31. The summed E-state index contributed by atoms with van der Waals surface area (Å²) in [5, 5.41) is 4.49. The number of hydrogen-bond donors (Lipinski definition) is 1. The van der Waals surface area contributed by atoms with Gasteiger partial charge in [0, 0.05) is 23.8 Å². The van der Waals surface area contributed by atoms with E-state index in [9.17, 15) is 9.59 Å². The van der Waals surface area contributed by atoms with Crippen molar-refractivity contribution in [2.75, 3.05) is 18.9 Å². The minimum atomic E-state index is -0.599. The fourth-order valence-corrected chi connectivity index (χ4v) is 3.89. The van der Waals surface area contributed by atoms with Gasteiger partial charge in [0.2, 0.25) is 5.91 Å². The molecule has 0 saturated heterocycles. The van der Waals surface area contributed by atoms with Crippen molar-refractivity contribution in [3.05, 3.63) is 76.2 Å². The van der Waals surface area contributed by atoms with Crippen LogP contribution in [0.2, 0.25) is 0 Å². The maximum absolute atomic E-state index is 12.8. The normalized spacial score (nSPS) is 15.6. The molecule has 3 aromatic rings. The minimum absolute atomic E-state index is 0.149. The topological polar surface area (TPSA) is 54.3 Å². The Labute approximate surface area is 164 Å². The molecule has 0 fully saturated rings. The largest absolute Gasteiger partial charge is 0.324 e. The molecule has 1 amide bonds. The zero-order valence-corrected chi connectivity index (χ0v) is 16.3. The number of pyridine rings is 1. The summed E-state index contributed by atoms with van der Waals surface area (Å²) in [7, 11) is 2.12. The summed E-state index contributed by atoms with van der Waals surface area (Å²) in [5.74, 6) is -0.195. The van der Waals surface area contributed by atoms with E-state index in [1.807, 2.05) is 30.3 Å². The first-order valence-electron chi connectivity index (χ1n) is 9.74. The standard InChI is InChI=1S/C23H25N3O2/c1-16(26-13-11-18-6-3-4-8-21(18)23(26)28)22(27)24-20-10-9-17-7-5-12-25(2)15-19(17)14-20/h3-4,6,8-11,13-14,16H,5,7,12,15H2,1-2H3,(H,24,27).